The van der Waals surface area contributed by atoms with Gasteiger partial charge in [0.2, 0.25) is 15.9 Å². The van der Waals surface area contributed by atoms with Gasteiger partial charge < -0.3 is 10.2 Å². The van der Waals surface area contributed by atoms with E-state index in [0.29, 0.717) is 6.42 Å². The van der Waals surface area contributed by atoms with Crippen LogP contribution in [0.5, 0.6) is 0 Å². The van der Waals surface area contributed by atoms with E-state index in [1.54, 1.807) is 12.1 Å². The zero-order valence-corrected chi connectivity index (χ0v) is 14.7. The summed E-state index contributed by atoms with van der Waals surface area (Å²) in [6.07, 6.45) is 2.52. The predicted molar refractivity (Wildman–Crippen MR) is 90.8 cm³/mol. The van der Waals surface area contributed by atoms with Crippen molar-refractivity contribution >= 4 is 21.6 Å². The summed E-state index contributed by atoms with van der Waals surface area (Å²) in [5.74, 6) is -0.00563. The molecule has 2 rings (SSSR count). The van der Waals surface area contributed by atoms with E-state index in [-0.39, 0.29) is 29.4 Å². The molecule has 0 bridgehead atoms. The van der Waals surface area contributed by atoms with Gasteiger partial charge in [0.25, 0.3) is 0 Å². The fraction of sp³-hybridized carbons (Fsp3) is 0.562. The van der Waals surface area contributed by atoms with Crippen molar-refractivity contribution in [3.8, 4) is 0 Å². The first-order valence-corrected chi connectivity index (χ1v) is 9.52. The van der Waals surface area contributed by atoms with Crippen molar-refractivity contribution in [1.82, 2.24) is 5.32 Å². The van der Waals surface area contributed by atoms with Gasteiger partial charge in [-0.25, -0.2) is 13.6 Å². The Morgan fingerprint density at radius 1 is 1.39 bits per heavy atom. The number of primary sulfonamides is 1. The van der Waals surface area contributed by atoms with E-state index in [1.807, 2.05) is 11.8 Å². The van der Waals surface area contributed by atoms with E-state index < -0.39 is 10.0 Å². The number of nitrogens with two attached hydrogens (primary N) is 1. The summed E-state index contributed by atoms with van der Waals surface area (Å²) in [7, 11) is -3.70. The van der Waals surface area contributed by atoms with E-state index in [4.69, 9.17) is 5.14 Å². The summed E-state index contributed by atoms with van der Waals surface area (Å²) in [5, 5.41) is 8.21. The Bertz CT molecular complexity index is 684. The van der Waals surface area contributed by atoms with Gasteiger partial charge in [-0.2, -0.15) is 0 Å². The lowest BCUT2D eigenvalue weighted by Gasteiger charge is -2.25. The number of sulfonamides is 1. The summed E-state index contributed by atoms with van der Waals surface area (Å²) in [5.41, 5.74) is 1.82. The minimum absolute atomic E-state index is 0.00563. The predicted octanol–water partition coefficient (Wildman–Crippen LogP) is 1.39. The van der Waals surface area contributed by atoms with Crippen molar-refractivity contribution in [1.29, 1.82) is 0 Å². The lowest BCUT2D eigenvalue weighted by molar-refractivity contribution is -0.120. The molecule has 6 nitrogen and oxygen atoms in total. The number of hydrogen-bond acceptors (Lipinski definition) is 4. The average molecular weight is 339 g/mol. The number of rotatable bonds is 6. The number of fused-ring (bicyclic) bond motifs is 1. The summed E-state index contributed by atoms with van der Waals surface area (Å²) >= 11 is 0. The zero-order chi connectivity index (χ0) is 17.2. The van der Waals surface area contributed by atoms with Crippen LogP contribution in [0.4, 0.5) is 5.69 Å². The molecule has 1 aromatic carbocycles. The Balaban J connectivity index is 2.16. The number of carbonyl (C=O) groups is 1. The number of nitrogens with one attached hydrogen (secondary N) is 1. The van der Waals surface area contributed by atoms with Gasteiger partial charge in [0.05, 0.1) is 11.4 Å². The highest BCUT2D eigenvalue weighted by Crippen LogP contribution is 2.33. The molecule has 1 amide bonds. The minimum Gasteiger partial charge on any atom is -0.359 e. The normalized spacial score (nSPS) is 17.4. The van der Waals surface area contributed by atoms with Crippen LogP contribution in [-0.2, 0) is 21.2 Å². The largest absolute Gasteiger partial charge is 0.359 e. The highest BCUT2D eigenvalue weighted by atomic mass is 32.2. The topological polar surface area (TPSA) is 92.5 Å². The Morgan fingerprint density at radius 3 is 2.61 bits per heavy atom. The van der Waals surface area contributed by atoms with Crippen LogP contribution in [0.2, 0.25) is 0 Å². The van der Waals surface area contributed by atoms with Crippen LogP contribution in [0.15, 0.2) is 23.1 Å². The smallest absolute Gasteiger partial charge is 0.239 e. The minimum atomic E-state index is -3.70. The highest BCUT2D eigenvalue weighted by molar-refractivity contribution is 7.89. The highest BCUT2D eigenvalue weighted by Gasteiger charge is 2.28. The maximum absolute atomic E-state index is 12.2. The van der Waals surface area contributed by atoms with Gasteiger partial charge in [-0.15, -0.1) is 0 Å². The van der Waals surface area contributed by atoms with Gasteiger partial charge in [-0.1, -0.05) is 13.8 Å². The molecule has 1 aliphatic heterocycles. The number of anilines is 1. The Labute approximate surface area is 138 Å². The molecule has 7 heteroatoms. The van der Waals surface area contributed by atoms with E-state index in [0.717, 1.165) is 24.1 Å². The molecular weight excluding hydrogens is 314 g/mol. The number of hydrogen-bond donors (Lipinski definition) is 2. The van der Waals surface area contributed by atoms with Crippen LogP contribution < -0.4 is 15.4 Å². The molecule has 1 heterocycles. The summed E-state index contributed by atoms with van der Waals surface area (Å²) in [6.45, 7) is 6.41. The van der Waals surface area contributed by atoms with E-state index in [2.05, 4.69) is 19.2 Å². The van der Waals surface area contributed by atoms with Crippen molar-refractivity contribution in [3.05, 3.63) is 23.8 Å². The first-order chi connectivity index (χ1) is 10.8. The van der Waals surface area contributed by atoms with Gasteiger partial charge in [0.15, 0.2) is 0 Å². The molecule has 1 aliphatic rings. The molecule has 0 saturated carbocycles. The summed E-state index contributed by atoms with van der Waals surface area (Å²) in [6, 6.07) is 5.19. The van der Waals surface area contributed by atoms with Crippen LogP contribution in [-0.4, -0.2) is 33.0 Å². The number of carbonyl (C=O) groups excluding carboxylic acids is 1. The third kappa shape index (κ3) is 4.03. The molecule has 0 fully saturated rings. The Hall–Kier alpha value is -1.60. The molecule has 1 atom stereocenters. The van der Waals surface area contributed by atoms with Gasteiger partial charge in [-0.3, -0.25) is 4.79 Å². The number of amides is 1. The second kappa shape index (κ2) is 6.88. The van der Waals surface area contributed by atoms with Crippen LogP contribution >= 0.6 is 0 Å². The van der Waals surface area contributed by atoms with Crippen LogP contribution in [0.1, 0.15) is 39.2 Å². The second-order valence-corrected chi connectivity index (χ2v) is 7.66. The third-order valence-electron chi connectivity index (χ3n) is 4.40. The van der Waals surface area contributed by atoms with Crippen molar-refractivity contribution in [2.24, 2.45) is 5.14 Å². The van der Waals surface area contributed by atoms with Gasteiger partial charge in [0, 0.05) is 17.8 Å². The average Bonchev–Trinajstić information content (AvgIpc) is 2.79. The Morgan fingerprint density at radius 2 is 2.04 bits per heavy atom. The molecule has 1 aromatic rings. The van der Waals surface area contributed by atoms with Crippen LogP contribution in [0.25, 0.3) is 0 Å². The van der Waals surface area contributed by atoms with Crippen LogP contribution in [0.3, 0.4) is 0 Å². The summed E-state index contributed by atoms with van der Waals surface area (Å²) in [4.78, 5) is 14.4. The van der Waals surface area contributed by atoms with Crippen LogP contribution in [0, 0.1) is 0 Å². The lowest BCUT2D eigenvalue weighted by Crippen LogP contribution is -2.43. The molecular formula is C16H25N3O3S. The molecule has 0 aliphatic carbocycles. The maximum Gasteiger partial charge on any atom is 0.239 e. The molecule has 3 N–H and O–H groups in total. The fourth-order valence-electron chi connectivity index (χ4n) is 3.01. The number of benzene rings is 1. The number of nitrogens with zero attached hydrogens (tertiary/aromatic N) is 1. The lowest BCUT2D eigenvalue weighted by atomic mass is 10.1. The first kappa shape index (κ1) is 17.7. The van der Waals surface area contributed by atoms with Crippen molar-refractivity contribution < 1.29 is 13.2 Å². The second-order valence-electron chi connectivity index (χ2n) is 6.10. The van der Waals surface area contributed by atoms with Gasteiger partial charge >= 0.3 is 0 Å². The molecule has 0 spiro atoms. The third-order valence-corrected chi connectivity index (χ3v) is 5.31. The molecule has 0 saturated heterocycles. The maximum atomic E-state index is 12.2. The van der Waals surface area contributed by atoms with E-state index >= 15 is 0 Å². The SMILES string of the molecule is CCC(CC)NC(=O)CN1c2ccc(S(N)(=O)=O)cc2CC1C. The monoisotopic (exact) mass is 339 g/mol. The molecule has 23 heavy (non-hydrogen) atoms. The Kier molecular flexibility index (Phi) is 5.31. The van der Waals surface area contributed by atoms with Gasteiger partial charge in [0.1, 0.15) is 0 Å². The van der Waals surface area contributed by atoms with Crippen molar-refractivity contribution in [3.63, 3.8) is 0 Å². The van der Waals surface area contributed by atoms with Crippen molar-refractivity contribution in [2.75, 3.05) is 11.4 Å². The van der Waals surface area contributed by atoms with E-state index in [1.165, 1.54) is 6.07 Å². The van der Waals surface area contributed by atoms with Crippen molar-refractivity contribution in [2.45, 2.75) is 57.0 Å². The molecule has 0 radical (unpaired) electrons. The molecule has 1 unspecified atom stereocenters. The molecule has 0 aromatic heterocycles. The van der Waals surface area contributed by atoms with Gasteiger partial charge in [-0.05, 0) is 49.9 Å². The first-order valence-electron chi connectivity index (χ1n) is 7.98. The molecule has 128 valence electrons. The van der Waals surface area contributed by atoms with E-state index in [9.17, 15) is 13.2 Å². The zero-order valence-electron chi connectivity index (χ0n) is 13.9. The standard InChI is InChI=1S/C16H25N3O3S/c1-4-13(5-2)18-16(20)10-19-11(3)8-12-9-14(23(17,21)22)6-7-15(12)19/h6-7,9,11,13H,4-5,8,10H2,1-3H3,(H,18,20)(H2,17,21,22). The fourth-order valence-corrected chi connectivity index (χ4v) is 3.57. The summed E-state index contributed by atoms with van der Waals surface area (Å²) < 4.78 is 22.9. The quantitative estimate of drug-likeness (QED) is 0.819.